The molecule has 8 nitrogen and oxygen atoms in total. The third-order valence-electron chi connectivity index (χ3n) is 5.72. The molecule has 1 aliphatic carbocycles. The Morgan fingerprint density at radius 3 is 2.43 bits per heavy atom. The molecule has 0 bridgehead atoms. The number of hydrogen-bond acceptors (Lipinski definition) is 6. The fourth-order valence-corrected chi connectivity index (χ4v) is 4.19. The van der Waals surface area contributed by atoms with Gasteiger partial charge in [0.25, 0.3) is 5.56 Å². The Labute approximate surface area is 172 Å². The van der Waals surface area contributed by atoms with Crippen molar-refractivity contribution in [1.29, 1.82) is 0 Å². The van der Waals surface area contributed by atoms with Gasteiger partial charge in [0.1, 0.15) is 0 Å². The fraction of sp³-hybridized carbons (Fsp3) is 0.409. The summed E-state index contributed by atoms with van der Waals surface area (Å²) < 4.78 is 18.5. The first kappa shape index (κ1) is 20.0. The zero-order chi connectivity index (χ0) is 21.3. The predicted octanol–water partition coefficient (Wildman–Crippen LogP) is 3.16. The number of nitrogens with zero attached hydrogens (tertiary/aromatic N) is 2. The van der Waals surface area contributed by atoms with E-state index >= 15 is 0 Å². The molecule has 2 heterocycles. The van der Waals surface area contributed by atoms with E-state index in [4.69, 9.17) is 13.9 Å². The first-order valence-electron chi connectivity index (χ1n) is 10.0. The van der Waals surface area contributed by atoms with Gasteiger partial charge in [0, 0.05) is 12.1 Å². The largest absolute Gasteiger partial charge is 0.493 e. The first-order chi connectivity index (χ1) is 14.5. The second kappa shape index (κ2) is 8.22. The van der Waals surface area contributed by atoms with Crippen LogP contribution in [0.5, 0.6) is 11.5 Å². The van der Waals surface area contributed by atoms with Crippen molar-refractivity contribution in [3.63, 3.8) is 0 Å². The van der Waals surface area contributed by atoms with Crippen molar-refractivity contribution in [2.75, 3.05) is 14.2 Å². The lowest BCUT2D eigenvalue weighted by Gasteiger charge is -2.25. The number of hydrogen-bond donors (Lipinski definition) is 0. The van der Waals surface area contributed by atoms with Crippen LogP contribution >= 0.6 is 0 Å². The number of methoxy groups -OCH3 is 2. The van der Waals surface area contributed by atoms with Crippen LogP contribution in [0.3, 0.4) is 0 Å². The Morgan fingerprint density at radius 1 is 1.10 bits per heavy atom. The monoisotopic (exact) mass is 412 g/mol. The molecule has 0 atom stereocenters. The maximum Gasteiger partial charge on any atom is 0.332 e. The van der Waals surface area contributed by atoms with Crippen LogP contribution in [0.4, 0.5) is 0 Å². The highest BCUT2D eigenvalue weighted by molar-refractivity contribution is 5.94. The first-order valence-corrected chi connectivity index (χ1v) is 10.0. The highest BCUT2D eigenvalue weighted by atomic mass is 16.5. The minimum absolute atomic E-state index is 0.158. The number of fused-ring (bicyclic) bond motifs is 1. The van der Waals surface area contributed by atoms with E-state index in [0.29, 0.717) is 22.4 Å². The van der Waals surface area contributed by atoms with Crippen molar-refractivity contribution in [2.45, 2.75) is 44.7 Å². The number of Topliss-reactive ketones (excluding diaryl/α,β-unsaturated/α-hetero) is 1. The molecule has 0 amide bonds. The Morgan fingerprint density at radius 2 is 1.80 bits per heavy atom. The smallest absolute Gasteiger partial charge is 0.332 e. The SMILES string of the molecule is COc1cc2c(=O)n(C3CCCCC3)c(=O)n(CC(=O)c3ccco3)c2cc1OC. The third-order valence-corrected chi connectivity index (χ3v) is 5.72. The van der Waals surface area contributed by atoms with Gasteiger partial charge in [0.2, 0.25) is 5.78 Å². The van der Waals surface area contributed by atoms with Crippen LogP contribution < -0.4 is 20.7 Å². The van der Waals surface area contributed by atoms with Crippen molar-refractivity contribution in [3.05, 3.63) is 57.1 Å². The van der Waals surface area contributed by atoms with Gasteiger partial charge in [0.15, 0.2) is 17.3 Å². The minimum Gasteiger partial charge on any atom is -0.493 e. The van der Waals surface area contributed by atoms with E-state index in [1.807, 2.05) is 0 Å². The zero-order valence-corrected chi connectivity index (χ0v) is 17.1. The number of ketones is 1. The quantitative estimate of drug-likeness (QED) is 0.578. The molecule has 4 rings (SSSR count). The lowest BCUT2D eigenvalue weighted by atomic mass is 9.95. The molecule has 0 radical (unpaired) electrons. The average Bonchev–Trinajstić information content (AvgIpc) is 3.31. The Hall–Kier alpha value is -3.29. The predicted molar refractivity (Wildman–Crippen MR) is 111 cm³/mol. The highest BCUT2D eigenvalue weighted by Gasteiger charge is 2.25. The van der Waals surface area contributed by atoms with Crippen LogP contribution in [0.15, 0.2) is 44.5 Å². The number of aromatic nitrogens is 2. The summed E-state index contributed by atoms with van der Waals surface area (Å²) >= 11 is 0. The molecule has 3 aromatic rings. The molecule has 1 aromatic carbocycles. The zero-order valence-electron chi connectivity index (χ0n) is 17.1. The van der Waals surface area contributed by atoms with Crippen molar-refractivity contribution in [3.8, 4) is 11.5 Å². The van der Waals surface area contributed by atoms with Gasteiger partial charge in [-0.3, -0.25) is 18.7 Å². The molecule has 8 heteroatoms. The van der Waals surface area contributed by atoms with Crippen molar-refractivity contribution < 1.29 is 18.7 Å². The van der Waals surface area contributed by atoms with E-state index in [1.54, 1.807) is 24.3 Å². The number of benzene rings is 1. The van der Waals surface area contributed by atoms with Crippen LogP contribution in [-0.4, -0.2) is 29.1 Å². The molecule has 158 valence electrons. The van der Waals surface area contributed by atoms with E-state index in [1.165, 1.54) is 29.6 Å². The molecule has 1 saturated carbocycles. The van der Waals surface area contributed by atoms with Crippen LogP contribution in [0.25, 0.3) is 10.9 Å². The lowest BCUT2D eigenvalue weighted by Crippen LogP contribution is -2.43. The lowest BCUT2D eigenvalue weighted by molar-refractivity contribution is 0.0943. The third kappa shape index (κ3) is 3.42. The van der Waals surface area contributed by atoms with Gasteiger partial charge in [-0.1, -0.05) is 19.3 Å². The summed E-state index contributed by atoms with van der Waals surface area (Å²) in [5.74, 6) is 0.566. The van der Waals surface area contributed by atoms with Gasteiger partial charge in [0.05, 0.1) is 37.9 Å². The summed E-state index contributed by atoms with van der Waals surface area (Å²) in [5, 5.41) is 0.310. The van der Waals surface area contributed by atoms with Gasteiger partial charge in [-0.2, -0.15) is 0 Å². The molecule has 0 spiro atoms. The minimum atomic E-state index is -0.494. The van der Waals surface area contributed by atoms with Crippen molar-refractivity contribution in [2.24, 2.45) is 0 Å². The van der Waals surface area contributed by atoms with E-state index in [-0.39, 0.29) is 29.7 Å². The second-order valence-corrected chi connectivity index (χ2v) is 7.46. The second-order valence-electron chi connectivity index (χ2n) is 7.46. The van der Waals surface area contributed by atoms with E-state index in [0.717, 1.165) is 32.1 Å². The number of furan rings is 1. The summed E-state index contributed by atoms with van der Waals surface area (Å²) in [5.41, 5.74) is -0.536. The molecule has 2 aromatic heterocycles. The van der Waals surface area contributed by atoms with E-state index in [9.17, 15) is 14.4 Å². The summed E-state index contributed by atoms with van der Waals surface area (Å²) in [6.07, 6.45) is 5.96. The summed E-state index contributed by atoms with van der Waals surface area (Å²) in [7, 11) is 2.96. The van der Waals surface area contributed by atoms with Crippen molar-refractivity contribution >= 4 is 16.7 Å². The summed E-state index contributed by atoms with van der Waals surface area (Å²) in [6.45, 7) is -0.245. The molecular formula is C22H24N2O6. The highest BCUT2D eigenvalue weighted by Crippen LogP contribution is 2.31. The summed E-state index contributed by atoms with van der Waals surface area (Å²) in [6, 6.07) is 6.13. The molecule has 0 aliphatic heterocycles. The van der Waals surface area contributed by atoms with Gasteiger partial charge in [-0.25, -0.2) is 4.79 Å². The van der Waals surface area contributed by atoms with Gasteiger partial charge < -0.3 is 13.9 Å². The van der Waals surface area contributed by atoms with Crippen molar-refractivity contribution in [1.82, 2.24) is 9.13 Å². The van der Waals surface area contributed by atoms with Crippen LogP contribution in [0.2, 0.25) is 0 Å². The molecule has 0 N–H and O–H groups in total. The number of carbonyl (C=O) groups excluding carboxylic acids is 1. The van der Waals surface area contributed by atoms with Gasteiger partial charge in [-0.15, -0.1) is 0 Å². The van der Waals surface area contributed by atoms with E-state index in [2.05, 4.69) is 0 Å². The van der Waals surface area contributed by atoms with Crippen LogP contribution in [0, 0.1) is 0 Å². The Bertz CT molecular complexity index is 1180. The van der Waals surface area contributed by atoms with Crippen LogP contribution in [0.1, 0.15) is 48.7 Å². The summed E-state index contributed by atoms with van der Waals surface area (Å²) in [4.78, 5) is 39.5. The molecule has 1 fully saturated rings. The van der Waals surface area contributed by atoms with E-state index < -0.39 is 5.69 Å². The average molecular weight is 412 g/mol. The number of rotatable bonds is 6. The molecular weight excluding hydrogens is 388 g/mol. The molecule has 30 heavy (non-hydrogen) atoms. The number of carbonyl (C=O) groups is 1. The van der Waals surface area contributed by atoms with Crippen LogP contribution in [-0.2, 0) is 6.54 Å². The Balaban J connectivity index is 1.97. The Kier molecular flexibility index (Phi) is 5.48. The van der Waals surface area contributed by atoms with Gasteiger partial charge >= 0.3 is 5.69 Å². The molecule has 0 saturated heterocycles. The van der Waals surface area contributed by atoms with Gasteiger partial charge in [-0.05, 0) is 31.0 Å². The standard InChI is InChI=1S/C22H24N2O6/c1-28-19-11-15-16(12-20(19)29-2)23(13-17(25)18-9-6-10-30-18)22(27)24(21(15)26)14-7-4-3-5-8-14/h6,9-12,14H,3-5,7-8,13H2,1-2H3. The maximum absolute atomic E-state index is 13.4. The molecule has 0 unspecified atom stereocenters. The topological polar surface area (TPSA) is 92.7 Å². The molecule has 1 aliphatic rings. The normalized spacial score (nSPS) is 14.7. The maximum atomic E-state index is 13.4. The fourth-order valence-electron chi connectivity index (χ4n) is 4.19. The number of ether oxygens (including phenoxy) is 2.